The van der Waals surface area contributed by atoms with Gasteiger partial charge in [0.1, 0.15) is 11.4 Å². The molecule has 2 aromatic carbocycles. The lowest BCUT2D eigenvalue weighted by atomic mass is 9.91. The van der Waals surface area contributed by atoms with E-state index in [1.807, 2.05) is 30.3 Å². The number of nitrogens with one attached hydrogen (secondary N) is 2. The van der Waals surface area contributed by atoms with Crippen molar-refractivity contribution in [1.29, 1.82) is 0 Å². The average Bonchev–Trinajstić information content (AvgIpc) is 2.71. The number of methoxy groups -OCH3 is 1. The van der Waals surface area contributed by atoms with Crippen LogP contribution in [0.3, 0.4) is 0 Å². The summed E-state index contributed by atoms with van der Waals surface area (Å²) in [5, 5.41) is 6.08. The Labute approximate surface area is 163 Å². The number of benzene rings is 2. The maximum absolute atomic E-state index is 12.8. The van der Waals surface area contributed by atoms with E-state index in [2.05, 4.69) is 15.4 Å². The Balaban J connectivity index is 1.83. The summed E-state index contributed by atoms with van der Waals surface area (Å²) in [6, 6.07) is 14.2. The Hall–Kier alpha value is -2.51. The summed E-state index contributed by atoms with van der Waals surface area (Å²) in [6.45, 7) is -1.52. The third-order valence-electron chi connectivity index (χ3n) is 4.99. The van der Waals surface area contributed by atoms with Crippen LogP contribution >= 0.6 is 0 Å². The zero-order valence-corrected chi connectivity index (χ0v) is 15.7. The summed E-state index contributed by atoms with van der Waals surface area (Å²) in [5.74, 6) is -0.134. The molecule has 0 saturated carbocycles. The van der Waals surface area contributed by atoms with E-state index in [-0.39, 0.29) is 11.7 Å². The van der Waals surface area contributed by atoms with Crippen molar-refractivity contribution in [3.8, 4) is 5.75 Å². The van der Waals surface area contributed by atoms with Crippen LogP contribution in [0.5, 0.6) is 5.75 Å². The predicted molar refractivity (Wildman–Crippen MR) is 103 cm³/mol. The third-order valence-corrected chi connectivity index (χ3v) is 4.99. The molecule has 0 unspecified atom stereocenters. The zero-order chi connectivity index (χ0) is 20.0. The Morgan fingerprint density at radius 2 is 1.89 bits per heavy atom. The molecule has 0 atom stereocenters. The lowest BCUT2D eigenvalue weighted by Crippen LogP contribution is -2.51. The van der Waals surface area contributed by atoms with Crippen molar-refractivity contribution in [3.63, 3.8) is 0 Å². The molecule has 28 heavy (non-hydrogen) atoms. The monoisotopic (exact) mass is 390 g/mol. The van der Waals surface area contributed by atoms with Gasteiger partial charge in [-0.1, -0.05) is 30.3 Å². The van der Waals surface area contributed by atoms with Crippen LogP contribution < -0.4 is 15.4 Å². The van der Waals surface area contributed by atoms with Gasteiger partial charge in [0.25, 0.3) is 5.91 Å². The molecule has 0 aliphatic carbocycles. The zero-order valence-electron chi connectivity index (χ0n) is 15.7. The van der Waals surface area contributed by atoms with E-state index in [0.29, 0.717) is 43.6 Å². The number of amides is 1. The number of piperidine rings is 1. The summed E-state index contributed by atoms with van der Waals surface area (Å²) < 4.78 is 35.7. The van der Waals surface area contributed by atoms with Crippen molar-refractivity contribution in [2.45, 2.75) is 31.5 Å². The third kappa shape index (κ3) is 4.85. The van der Waals surface area contributed by atoms with Crippen molar-refractivity contribution in [3.05, 3.63) is 59.7 Å². The van der Waals surface area contributed by atoms with Gasteiger partial charge < -0.3 is 20.1 Å². The van der Waals surface area contributed by atoms with Gasteiger partial charge in [0, 0.05) is 24.8 Å². The van der Waals surface area contributed by atoms with Gasteiger partial charge in [0.05, 0.1) is 0 Å². The molecule has 1 aliphatic heterocycles. The van der Waals surface area contributed by atoms with Crippen molar-refractivity contribution < 1.29 is 23.0 Å². The number of anilines is 1. The Bertz CT molecular complexity index is 793. The van der Waals surface area contributed by atoms with Gasteiger partial charge in [0.15, 0.2) is 0 Å². The van der Waals surface area contributed by atoms with E-state index in [1.165, 1.54) is 13.2 Å². The summed E-state index contributed by atoms with van der Waals surface area (Å²) in [5.41, 5.74) is 1.16. The highest BCUT2D eigenvalue weighted by molar-refractivity contribution is 5.97. The van der Waals surface area contributed by atoms with Gasteiger partial charge in [-0.05, 0) is 49.7 Å². The highest BCUT2D eigenvalue weighted by Gasteiger charge is 2.39. The van der Waals surface area contributed by atoms with Crippen LogP contribution in [0.1, 0.15) is 24.0 Å². The SMILES string of the molecule is COC1(C(=O)Nc2ccc(OC(F)F)c(Cc3ccccc3)c2)CCNCC1. The maximum Gasteiger partial charge on any atom is 0.387 e. The minimum absolute atomic E-state index is 0.0974. The van der Waals surface area contributed by atoms with Crippen LogP contribution in [-0.4, -0.2) is 38.3 Å². The second-order valence-corrected chi connectivity index (χ2v) is 6.77. The van der Waals surface area contributed by atoms with E-state index >= 15 is 0 Å². The smallest absolute Gasteiger partial charge is 0.387 e. The molecule has 3 rings (SSSR count). The van der Waals surface area contributed by atoms with Crippen LogP contribution in [-0.2, 0) is 16.0 Å². The number of carbonyl (C=O) groups excluding carboxylic acids is 1. The second kappa shape index (κ2) is 9.12. The highest BCUT2D eigenvalue weighted by atomic mass is 19.3. The van der Waals surface area contributed by atoms with Crippen LogP contribution in [0.4, 0.5) is 14.5 Å². The van der Waals surface area contributed by atoms with Gasteiger partial charge in [-0.2, -0.15) is 8.78 Å². The van der Waals surface area contributed by atoms with E-state index in [1.54, 1.807) is 12.1 Å². The number of hydrogen-bond donors (Lipinski definition) is 2. The van der Waals surface area contributed by atoms with Gasteiger partial charge in [-0.15, -0.1) is 0 Å². The normalized spacial score (nSPS) is 16.0. The molecule has 0 aromatic heterocycles. The number of ether oxygens (including phenoxy) is 2. The lowest BCUT2D eigenvalue weighted by molar-refractivity contribution is -0.140. The fourth-order valence-corrected chi connectivity index (χ4v) is 3.42. The molecular weight excluding hydrogens is 366 g/mol. The number of rotatable bonds is 7. The first kappa shape index (κ1) is 20.2. The molecule has 5 nitrogen and oxygen atoms in total. The van der Waals surface area contributed by atoms with Gasteiger partial charge in [-0.25, -0.2) is 0 Å². The van der Waals surface area contributed by atoms with E-state index in [0.717, 1.165) is 5.56 Å². The Morgan fingerprint density at radius 3 is 2.54 bits per heavy atom. The molecular formula is C21H24F2N2O3. The maximum atomic E-state index is 12.8. The largest absolute Gasteiger partial charge is 0.435 e. The highest BCUT2D eigenvalue weighted by Crippen LogP contribution is 2.29. The molecule has 0 bridgehead atoms. The molecule has 7 heteroatoms. The van der Waals surface area contributed by atoms with Crippen LogP contribution in [0.25, 0.3) is 0 Å². The first-order valence-electron chi connectivity index (χ1n) is 9.21. The topological polar surface area (TPSA) is 59.6 Å². The minimum atomic E-state index is -2.92. The molecule has 150 valence electrons. The van der Waals surface area contributed by atoms with Crippen LogP contribution in [0.15, 0.2) is 48.5 Å². The molecule has 0 radical (unpaired) electrons. The van der Waals surface area contributed by atoms with E-state index < -0.39 is 12.2 Å². The average molecular weight is 390 g/mol. The summed E-state index contributed by atoms with van der Waals surface area (Å²) in [4.78, 5) is 12.8. The van der Waals surface area contributed by atoms with Gasteiger partial charge in [-0.3, -0.25) is 4.79 Å². The molecule has 2 aromatic rings. The fourth-order valence-electron chi connectivity index (χ4n) is 3.42. The van der Waals surface area contributed by atoms with Crippen molar-refractivity contribution in [2.75, 3.05) is 25.5 Å². The first-order chi connectivity index (χ1) is 13.5. The molecule has 1 fully saturated rings. The van der Waals surface area contributed by atoms with Crippen LogP contribution in [0, 0.1) is 0 Å². The predicted octanol–water partition coefficient (Wildman–Crippen LogP) is 3.59. The lowest BCUT2D eigenvalue weighted by Gasteiger charge is -2.34. The minimum Gasteiger partial charge on any atom is -0.435 e. The first-order valence-corrected chi connectivity index (χ1v) is 9.21. The molecule has 1 amide bonds. The number of alkyl halides is 2. The summed E-state index contributed by atoms with van der Waals surface area (Å²) >= 11 is 0. The number of halogens is 2. The van der Waals surface area contributed by atoms with E-state index in [4.69, 9.17) is 4.74 Å². The van der Waals surface area contributed by atoms with Gasteiger partial charge >= 0.3 is 6.61 Å². The number of carbonyl (C=O) groups is 1. The standard InChI is InChI=1S/C21H24F2N2O3/c1-27-21(9-11-24-12-10-21)19(26)25-17-7-8-18(28-20(22)23)16(14-17)13-15-5-3-2-4-6-15/h2-8,14,20,24H,9-13H2,1H3,(H,25,26). The van der Waals surface area contributed by atoms with Crippen molar-refractivity contribution in [2.24, 2.45) is 0 Å². The van der Waals surface area contributed by atoms with Crippen molar-refractivity contribution in [1.82, 2.24) is 5.32 Å². The molecule has 1 saturated heterocycles. The molecule has 2 N–H and O–H groups in total. The number of hydrogen-bond acceptors (Lipinski definition) is 4. The quantitative estimate of drug-likeness (QED) is 0.759. The Kier molecular flexibility index (Phi) is 6.59. The summed E-state index contributed by atoms with van der Waals surface area (Å²) in [7, 11) is 1.53. The molecule has 1 heterocycles. The fraction of sp³-hybridized carbons (Fsp3) is 0.381. The molecule has 0 spiro atoms. The van der Waals surface area contributed by atoms with Crippen molar-refractivity contribution >= 4 is 11.6 Å². The second-order valence-electron chi connectivity index (χ2n) is 6.77. The summed E-state index contributed by atoms with van der Waals surface area (Å²) in [6.07, 6.45) is 1.55. The van der Waals surface area contributed by atoms with Gasteiger partial charge in [0.2, 0.25) is 0 Å². The molecule has 1 aliphatic rings. The van der Waals surface area contributed by atoms with E-state index in [9.17, 15) is 13.6 Å². The Morgan fingerprint density at radius 1 is 1.18 bits per heavy atom. The van der Waals surface area contributed by atoms with Crippen LogP contribution in [0.2, 0.25) is 0 Å².